The average molecular weight is 346 g/mol. The van der Waals surface area contributed by atoms with Crippen LogP contribution < -0.4 is 4.90 Å². The Hall–Kier alpha value is -2.35. The largest absolute Gasteiger partial charge is 0.469 e. The first-order valence-corrected chi connectivity index (χ1v) is 8.59. The lowest BCUT2D eigenvalue weighted by Gasteiger charge is -2.47. The van der Waals surface area contributed by atoms with Crippen molar-refractivity contribution < 1.29 is 18.4 Å². The molecule has 0 N–H and O–H groups in total. The van der Waals surface area contributed by atoms with E-state index < -0.39 is 5.60 Å². The average Bonchev–Trinajstić information content (AvgIpc) is 3.23. The Labute approximate surface area is 145 Å². The van der Waals surface area contributed by atoms with Crippen LogP contribution in [0.5, 0.6) is 0 Å². The number of amides is 1. The summed E-state index contributed by atoms with van der Waals surface area (Å²) in [6.07, 6.45) is 3.41. The Balaban J connectivity index is 1.51. The maximum Gasteiger partial charge on any atom is 0.318 e. The summed E-state index contributed by atoms with van der Waals surface area (Å²) in [6, 6.07) is 2.25. The van der Waals surface area contributed by atoms with E-state index in [0.717, 1.165) is 19.4 Å². The van der Waals surface area contributed by atoms with Crippen molar-refractivity contribution in [2.45, 2.75) is 32.3 Å². The van der Waals surface area contributed by atoms with Crippen LogP contribution in [0.25, 0.3) is 0 Å². The molecule has 1 atom stereocenters. The quantitative estimate of drug-likeness (QED) is 0.819. The third-order valence-electron chi connectivity index (χ3n) is 4.95. The summed E-state index contributed by atoms with van der Waals surface area (Å²) in [5, 5.41) is 8.02. The second-order valence-electron chi connectivity index (χ2n) is 6.78. The number of carbonyl (C=O) groups excluding carboxylic acids is 1. The summed E-state index contributed by atoms with van der Waals surface area (Å²) in [7, 11) is 0. The number of morpholine rings is 1. The van der Waals surface area contributed by atoms with E-state index in [4.69, 9.17) is 13.6 Å². The molecule has 2 fully saturated rings. The van der Waals surface area contributed by atoms with Crippen LogP contribution in [0.1, 0.15) is 34.9 Å². The van der Waals surface area contributed by atoms with E-state index >= 15 is 0 Å². The molecular weight excluding hydrogens is 324 g/mol. The highest BCUT2D eigenvalue weighted by Gasteiger charge is 2.43. The minimum Gasteiger partial charge on any atom is -0.469 e. The molecule has 0 radical (unpaired) electrons. The lowest BCUT2D eigenvalue weighted by Crippen LogP contribution is -2.61. The van der Waals surface area contributed by atoms with Gasteiger partial charge in [-0.25, -0.2) is 0 Å². The zero-order chi connectivity index (χ0) is 17.4. The Morgan fingerprint density at radius 2 is 2.12 bits per heavy atom. The molecule has 2 aliphatic heterocycles. The first kappa shape index (κ1) is 16.1. The molecule has 2 saturated heterocycles. The van der Waals surface area contributed by atoms with Gasteiger partial charge < -0.3 is 23.4 Å². The number of ether oxygens (including phenoxy) is 1. The highest BCUT2D eigenvalue weighted by molar-refractivity contribution is 5.95. The monoisotopic (exact) mass is 346 g/mol. The lowest BCUT2D eigenvalue weighted by atomic mass is 9.90. The minimum atomic E-state index is -0.397. The molecule has 0 aromatic carbocycles. The third kappa shape index (κ3) is 3.02. The number of hydrogen-bond donors (Lipinski definition) is 0. The summed E-state index contributed by atoms with van der Waals surface area (Å²) in [6.45, 7) is 6.75. The van der Waals surface area contributed by atoms with Crippen molar-refractivity contribution >= 4 is 11.9 Å². The van der Waals surface area contributed by atoms with E-state index in [9.17, 15) is 4.79 Å². The number of aromatic nitrogens is 2. The number of hydrogen-bond acceptors (Lipinski definition) is 7. The fourth-order valence-electron chi connectivity index (χ4n) is 3.72. The number of carbonyl (C=O) groups is 1. The Kier molecular flexibility index (Phi) is 3.99. The molecule has 0 saturated carbocycles. The number of anilines is 1. The Morgan fingerprint density at radius 1 is 1.24 bits per heavy atom. The van der Waals surface area contributed by atoms with Crippen LogP contribution in [0.4, 0.5) is 6.01 Å². The molecule has 25 heavy (non-hydrogen) atoms. The van der Waals surface area contributed by atoms with Crippen molar-refractivity contribution in [2.75, 3.05) is 37.7 Å². The lowest BCUT2D eigenvalue weighted by molar-refractivity contribution is -0.105. The molecular formula is C17H22N4O4. The molecule has 4 rings (SSSR count). The smallest absolute Gasteiger partial charge is 0.318 e. The predicted molar refractivity (Wildman–Crippen MR) is 88.5 cm³/mol. The molecule has 134 valence electrons. The van der Waals surface area contributed by atoms with E-state index in [1.807, 2.05) is 11.8 Å². The molecule has 2 aromatic rings. The van der Waals surface area contributed by atoms with Gasteiger partial charge in [0.1, 0.15) is 11.4 Å². The van der Waals surface area contributed by atoms with Crippen molar-refractivity contribution in [3.8, 4) is 0 Å². The number of nitrogens with zero attached hydrogens (tertiary/aromatic N) is 4. The van der Waals surface area contributed by atoms with Gasteiger partial charge in [0.05, 0.1) is 31.5 Å². The van der Waals surface area contributed by atoms with Gasteiger partial charge in [0.2, 0.25) is 5.89 Å². The summed E-state index contributed by atoms with van der Waals surface area (Å²) >= 11 is 0. The predicted octanol–water partition coefficient (Wildman–Crippen LogP) is 1.79. The summed E-state index contributed by atoms with van der Waals surface area (Å²) in [4.78, 5) is 16.7. The SMILES string of the molecule is Cc1nnc(N2CCCC3(CN(C(=O)c4ccoc4C)CCO3)C2)o1. The van der Waals surface area contributed by atoms with Crippen molar-refractivity contribution in [2.24, 2.45) is 0 Å². The van der Waals surface area contributed by atoms with Crippen LogP contribution >= 0.6 is 0 Å². The Bertz CT molecular complexity index is 766. The molecule has 2 aromatic heterocycles. The molecule has 0 bridgehead atoms. The summed E-state index contributed by atoms with van der Waals surface area (Å²) < 4.78 is 17.0. The van der Waals surface area contributed by atoms with E-state index in [1.54, 1.807) is 19.3 Å². The van der Waals surface area contributed by atoms with Gasteiger partial charge in [-0.1, -0.05) is 5.10 Å². The molecule has 1 amide bonds. The molecule has 4 heterocycles. The number of furan rings is 1. The number of rotatable bonds is 2. The van der Waals surface area contributed by atoms with Gasteiger partial charge in [0.25, 0.3) is 5.91 Å². The number of piperidine rings is 1. The normalized spacial score (nSPS) is 24.1. The van der Waals surface area contributed by atoms with Gasteiger partial charge in [-0.15, -0.1) is 5.10 Å². The first-order chi connectivity index (χ1) is 12.1. The van der Waals surface area contributed by atoms with Crippen LogP contribution in [0.15, 0.2) is 21.2 Å². The Morgan fingerprint density at radius 3 is 2.84 bits per heavy atom. The van der Waals surface area contributed by atoms with Gasteiger partial charge in [-0.05, 0) is 25.8 Å². The molecule has 0 aliphatic carbocycles. The number of aryl methyl sites for hydroxylation is 2. The van der Waals surface area contributed by atoms with Crippen molar-refractivity contribution in [3.63, 3.8) is 0 Å². The minimum absolute atomic E-state index is 0.000293. The van der Waals surface area contributed by atoms with Gasteiger partial charge in [0, 0.05) is 20.0 Å². The summed E-state index contributed by atoms with van der Waals surface area (Å²) in [5.41, 5.74) is 0.226. The van der Waals surface area contributed by atoms with E-state index in [0.29, 0.717) is 49.5 Å². The zero-order valence-corrected chi connectivity index (χ0v) is 14.5. The van der Waals surface area contributed by atoms with Gasteiger partial charge in [0.15, 0.2) is 0 Å². The van der Waals surface area contributed by atoms with E-state index in [2.05, 4.69) is 15.1 Å². The summed E-state index contributed by atoms with van der Waals surface area (Å²) in [5.74, 6) is 1.20. The fraction of sp³-hybridized carbons (Fsp3) is 0.588. The second kappa shape index (κ2) is 6.18. The van der Waals surface area contributed by atoms with Crippen LogP contribution in [0, 0.1) is 13.8 Å². The topological polar surface area (TPSA) is 84.8 Å². The van der Waals surface area contributed by atoms with Gasteiger partial charge >= 0.3 is 6.01 Å². The second-order valence-corrected chi connectivity index (χ2v) is 6.78. The van der Waals surface area contributed by atoms with E-state index in [-0.39, 0.29) is 5.91 Å². The van der Waals surface area contributed by atoms with Crippen LogP contribution in [0.2, 0.25) is 0 Å². The maximum atomic E-state index is 12.8. The van der Waals surface area contributed by atoms with Crippen LogP contribution in [0.3, 0.4) is 0 Å². The van der Waals surface area contributed by atoms with Gasteiger partial charge in [-0.2, -0.15) is 0 Å². The first-order valence-electron chi connectivity index (χ1n) is 8.59. The molecule has 1 unspecified atom stereocenters. The zero-order valence-electron chi connectivity index (χ0n) is 14.5. The van der Waals surface area contributed by atoms with E-state index in [1.165, 1.54) is 0 Å². The maximum absolute atomic E-state index is 12.8. The van der Waals surface area contributed by atoms with Crippen molar-refractivity contribution in [3.05, 3.63) is 29.5 Å². The van der Waals surface area contributed by atoms with Crippen molar-refractivity contribution in [1.82, 2.24) is 15.1 Å². The molecule has 8 nitrogen and oxygen atoms in total. The van der Waals surface area contributed by atoms with Crippen LogP contribution in [-0.2, 0) is 4.74 Å². The fourth-order valence-corrected chi connectivity index (χ4v) is 3.72. The molecule has 1 spiro atoms. The highest BCUT2D eigenvalue weighted by atomic mass is 16.5. The highest BCUT2D eigenvalue weighted by Crippen LogP contribution is 2.32. The molecule has 8 heteroatoms. The van der Waals surface area contributed by atoms with Gasteiger partial charge in [-0.3, -0.25) is 4.79 Å². The standard InChI is InChI=1S/C17H22N4O4/c1-12-14(4-8-23-12)15(22)20-7-9-24-17(10-20)5-3-6-21(11-17)16-19-18-13(2)25-16/h4,8H,3,5-7,9-11H2,1-2H3. The molecule has 2 aliphatic rings. The third-order valence-corrected chi connectivity index (χ3v) is 4.95. The van der Waals surface area contributed by atoms with Crippen molar-refractivity contribution in [1.29, 1.82) is 0 Å². The van der Waals surface area contributed by atoms with Crippen LogP contribution in [-0.4, -0.2) is 59.4 Å².